The molecule has 0 aliphatic carbocycles. The lowest BCUT2D eigenvalue weighted by atomic mass is 10.1. The summed E-state index contributed by atoms with van der Waals surface area (Å²) < 4.78 is 5.38. The minimum atomic E-state index is -0.196. The van der Waals surface area contributed by atoms with Crippen molar-refractivity contribution >= 4 is 17.5 Å². The minimum absolute atomic E-state index is 0.196. The summed E-state index contributed by atoms with van der Waals surface area (Å²) in [7, 11) is 1.53. The molecule has 156 valence electrons. The molecule has 0 radical (unpaired) electrons. The number of benzene rings is 1. The molecule has 7 nitrogen and oxygen atoms in total. The van der Waals surface area contributed by atoms with Crippen molar-refractivity contribution in [2.45, 2.75) is 27.2 Å². The van der Waals surface area contributed by atoms with Gasteiger partial charge in [-0.15, -0.1) is 0 Å². The van der Waals surface area contributed by atoms with E-state index in [0.717, 1.165) is 32.6 Å². The Hall–Kier alpha value is -2.83. The standard InChI is InChI=1S/C22H31N5O2/c1-16(2)9-10-23-20(28)18-15-24-22(25-21(18)29-4)27-13-11-26(12-14-27)19-8-6-5-7-17(19)3/h5-8,15-16H,9-14H2,1-4H3,(H,23,28). The smallest absolute Gasteiger partial charge is 0.258 e. The van der Waals surface area contributed by atoms with Crippen LogP contribution in [0, 0.1) is 12.8 Å². The van der Waals surface area contributed by atoms with Crippen LogP contribution in [0.15, 0.2) is 30.5 Å². The summed E-state index contributed by atoms with van der Waals surface area (Å²) in [6.45, 7) is 10.5. The zero-order valence-corrected chi connectivity index (χ0v) is 17.8. The number of aromatic nitrogens is 2. The molecule has 1 N–H and O–H groups in total. The Morgan fingerprint density at radius 1 is 1.17 bits per heavy atom. The summed E-state index contributed by atoms with van der Waals surface area (Å²) in [5.41, 5.74) is 2.93. The number of nitrogens with one attached hydrogen (secondary N) is 1. The molecule has 0 unspecified atom stereocenters. The summed E-state index contributed by atoms with van der Waals surface area (Å²) in [4.78, 5) is 25.9. The van der Waals surface area contributed by atoms with Gasteiger partial charge in [0.2, 0.25) is 11.8 Å². The van der Waals surface area contributed by atoms with Crippen molar-refractivity contribution in [2.24, 2.45) is 5.92 Å². The van der Waals surface area contributed by atoms with E-state index in [0.29, 0.717) is 29.9 Å². The highest BCUT2D eigenvalue weighted by Crippen LogP contribution is 2.23. The van der Waals surface area contributed by atoms with Gasteiger partial charge in [-0.1, -0.05) is 32.0 Å². The lowest BCUT2D eigenvalue weighted by Crippen LogP contribution is -2.47. The number of anilines is 2. The van der Waals surface area contributed by atoms with E-state index in [9.17, 15) is 4.79 Å². The topological polar surface area (TPSA) is 70.6 Å². The highest BCUT2D eigenvalue weighted by atomic mass is 16.5. The van der Waals surface area contributed by atoms with Gasteiger partial charge in [0.05, 0.1) is 7.11 Å². The fourth-order valence-electron chi connectivity index (χ4n) is 3.46. The first-order valence-corrected chi connectivity index (χ1v) is 10.2. The summed E-state index contributed by atoms with van der Waals surface area (Å²) in [5.74, 6) is 1.26. The second-order valence-corrected chi connectivity index (χ2v) is 7.79. The third kappa shape index (κ3) is 5.16. The van der Waals surface area contributed by atoms with Crippen LogP contribution in [-0.2, 0) is 0 Å². The number of ether oxygens (including phenoxy) is 1. The monoisotopic (exact) mass is 397 g/mol. The number of hydrogen-bond acceptors (Lipinski definition) is 6. The van der Waals surface area contributed by atoms with E-state index in [1.54, 1.807) is 6.20 Å². The number of methoxy groups -OCH3 is 1. The van der Waals surface area contributed by atoms with Gasteiger partial charge in [-0.2, -0.15) is 4.98 Å². The SMILES string of the molecule is COc1nc(N2CCN(c3ccccc3C)CC2)ncc1C(=O)NCCC(C)C. The molecule has 0 spiro atoms. The van der Waals surface area contributed by atoms with Crippen molar-refractivity contribution in [3.8, 4) is 5.88 Å². The second-order valence-electron chi connectivity index (χ2n) is 7.79. The van der Waals surface area contributed by atoms with Crippen molar-refractivity contribution < 1.29 is 9.53 Å². The van der Waals surface area contributed by atoms with Crippen molar-refractivity contribution in [3.63, 3.8) is 0 Å². The van der Waals surface area contributed by atoms with Gasteiger partial charge in [0.15, 0.2) is 0 Å². The molecular weight excluding hydrogens is 366 g/mol. The van der Waals surface area contributed by atoms with E-state index in [-0.39, 0.29) is 5.91 Å². The maximum absolute atomic E-state index is 12.4. The lowest BCUT2D eigenvalue weighted by Gasteiger charge is -2.36. The van der Waals surface area contributed by atoms with Crippen LogP contribution in [0.5, 0.6) is 5.88 Å². The molecular formula is C22H31N5O2. The van der Waals surface area contributed by atoms with Crippen molar-refractivity contribution in [2.75, 3.05) is 49.6 Å². The first-order valence-electron chi connectivity index (χ1n) is 10.2. The molecule has 1 aromatic carbocycles. The first-order chi connectivity index (χ1) is 14.0. The average molecular weight is 398 g/mol. The third-order valence-electron chi connectivity index (χ3n) is 5.20. The van der Waals surface area contributed by atoms with Crippen LogP contribution in [-0.4, -0.2) is 55.7 Å². The van der Waals surface area contributed by atoms with E-state index in [1.807, 2.05) is 0 Å². The molecule has 1 fully saturated rings. The molecule has 1 aromatic heterocycles. The highest BCUT2D eigenvalue weighted by molar-refractivity contribution is 5.96. The van der Waals surface area contributed by atoms with Crippen LogP contribution in [0.25, 0.3) is 0 Å². The minimum Gasteiger partial charge on any atom is -0.480 e. The zero-order valence-electron chi connectivity index (χ0n) is 17.8. The number of rotatable bonds is 7. The number of para-hydroxylation sites is 1. The number of piperazine rings is 1. The van der Waals surface area contributed by atoms with E-state index in [1.165, 1.54) is 18.4 Å². The molecule has 2 heterocycles. The molecule has 7 heteroatoms. The number of carbonyl (C=O) groups excluding carboxylic acids is 1. The molecule has 1 aliphatic rings. The molecule has 1 saturated heterocycles. The molecule has 0 bridgehead atoms. The second kappa shape index (κ2) is 9.58. The summed E-state index contributed by atoms with van der Waals surface area (Å²) >= 11 is 0. The maximum Gasteiger partial charge on any atom is 0.258 e. The predicted molar refractivity (Wildman–Crippen MR) is 116 cm³/mol. The highest BCUT2D eigenvalue weighted by Gasteiger charge is 2.22. The summed E-state index contributed by atoms with van der Waals surface area (Å²) in [5, 5.41) is 2.91. The molecule has 0 saturated carbocycles. The molecule has 1 amide bonds. The Balaban J connectivity index is 1.64. The zero-order chi connectivity index (χ0) is 20.8. The Kier molecular flexibility index (Phi) is 6.90. The lowest BCUT2D eigenvalue weighted by molar-refractivity contribution is 0.0948. The van der Waals surface area contributed by atoms with Crippen LogP contribution >= 0.6 is 0 Å². The fraction of sp³-hybridized carbons (Fsp3) is 0.500. The van der Waals surface area contributed by atoms with Gasteiger partial charge in [0.1, 0.15) is 5.56 Å². The predicted octanol–water partition coefficient (Wildman–Crippen LogP) is 2.90. The van der Waals surface area contributed by atoms with Crippen LogP contribution in [0.2, 0.25) is 0 Å². The number of amides is 1. The Labute approximate surface area is 173 Å². The Bertz CT molecular complexity index is 832. The van der Waals surface area contributed by atoms with Gasteiger partial charge in [0, 0.05) is 44.6 Å². The number of nitrogens with zero attached hydrogens (tertiary/aromatic N) is 4. The van der Waals surface area contributed by atoms with Crippen molar-refractivity contribution in [1.29, 1.82) is 0 Å². The van der Waals surface area contributed by atoms with E-state index >= 15 is 0 Å². The molecule has 29 heavy (non-hydrogen) atoms. The maximum atomic E-state index is 12.4. The van der Waals surface area contributed by atoms with Crippen molar-refractivity contribution in [1.82, 2.24) is 15.3 Å². The molecule has 1 aliphatic heterocycles. The molecule has 2 aromatic rings. The van der Waals surface area contributed by atoms with Crippen molar-refractivity contribution in [3.05, 3.63) is 41.6 Å². The number of aryl methyl sites for hydroxylation is 1. The number of hydrogen-bond donors (Lipinski definition) is 1. The molecule has 0 atom stereocenters. The van der Waals surface area contributed by atoms with E-state index in [4.69, 9.17) is 4.74 Å². The molecule has 3 rings (SSSR count). The van der Waals surface area contributed by atoms with E-state index in [2.05, 4.69) is 70.1 Å². The van der Waals surface area contributed by atoms with Gasteiger partial charge in [0.25, 0.3) is 5.91 Å². The Morgan fingerprint density at radius 2 is 1.86 bits per heavy atom. The van der Waals surface area contributed by atoms with Gasteiger partial charge < -0.3 is 19.9 Å². The normalized spacial score (nSPS) is 14.2. The van der Waals surface area contributed by atoms with Gasteiger partial charge >= 0.3 is 0 Å². The summed E-state index contributed by atoms with van der Waals surface area (Å²) in [6, 6.07) is 8.45. The average Bonchev–Trinajstić information content (AvgIpc) is 2.73. The fourth-order valence-corrected chi connectivity index (χ4v) is 3.46. The number of carbonyl (C=O) groups is 1. The van der Waals surface area contributed by atoms with Gasteiger partial charge in [-0.3, -0.25) is 4.79 Å². The van der Waals surface area contributed by atoms with Crippen LogP contribution < -0.4 is 19.9 Å². The van der Waals surface area contributed by atoms with Gasteiger partial charge in [-0.25, -0.2) is 4.98 Å². The third-order valence-corrected chi connectivity index (χ3v) is 5.20. The van der Waals surface area contributed by atoms with Crippen LogP contribution in [0.1, 0.15) is 36.2 Å². The quantitative estimate of drug-likeness (QED) is 0.775. The first kappa shape index (κ1) is 20.9. The Morgan fingerprint density at radius 3 is 2.52 bits per heavy atom. The van der Waals surface area contributed by atoms with Crippen LogP contribution in [0.4, 0.5) is 11.6 Å². The van der Waals surface area contributed by atoms with E-state index < -0.39 is 0 Å². The van der Waals surface area contributed by atoms with Crippen LogP contribution in [0.3, 0.4) is 0 Å². The summed E-state index contributed by atoms with van der Waals surface area (Å²) in [6.07, 6.45) is 2.50. The van der Waals surface area contributed by atoms with Gasteiger partial charge in [-0.05, 0) is 30.9 Å². The largest absolute Gasteiger partial charge is 0.480 e.